The number of pyridine rings is 1. The molecular weight excluding hydrogens is 610 g/mol. The van der Waals surface area contributed by atoms with Gasteiger partial charge in [-0.2, -0.15) is 8.42 Å². The van der Waals surface area contributed by atoms with Gasteiger partial charge in [-0.1, -0.05) is 42.6 Å². The number of ether oxygens (including phenoxy) is 1. The van der Waals surface area contributed by atoms with Crippen molar-refractivity contribution < 1.29 is 32.1 Å². The molecule has 2 amide bonds. The van der Waals surface area contributed by atoms with Crippen molar-refractivity contribution in [2.24, 2.45) is 0 Å². The van der Waals surface area contributed by atoms with Crippen molar-refractivity contribution in [3.63, 3.8) is 0 Å². The average molecular weight is 648 g/mol. The number of esters is 1. The second-order valence-electron chi connectivity index (χ2n) is 10.6. The first-order valence-electron chi connectivity index (χ1n) is 14.4. The van der Waals surface area contributed by atoms with Crippen LogP contribution >= 0.6 is 11.6 Å². The lowest BCUT2D eigenvalue weighted by Gasteiger charge is -2.16. The third-order valence-electron chi connectivity index (χ3n) is 7.06. The van der Waals surface area contributed by atoms with E-state index in [1.807, 2.05) is 6.07 Å². The van der Waals surface area contributed by atoms with Crippen LogP contribution in [0.5, 0.6) is 0 Å². The lowest BCUT2D eigenvalue weighted by molar-refractivity contribution is -0.143. The number of hydrogen-bond donors (Lipinski definition) is 3. The Balaban J connectivity index is 1.35. The highest BCUT2D eigenvalue weighted by Gasteiger charge is 2.14. The number of H-pyrrole nitrogens is 1. The fourth-order valence-electron chi connectivity index (χ4n) is 4.47. The minimum Gasteiger partial charge on any atom is -0.466 e. The Hall–Kier alpha value is -3.74. The summed E-state index contributed by atoms with van der Waals surface area (Å²) in [7, 11) is -2.61. The molecule has 0 radical (unpaired) electrons. The topological polar surface area (TPSA) is 163 Å². The molecule has 44 heavy (non-hydrogen) atoms. The van der Waals surface area contributed by atoms with Gasteiger partial charge in [-0.3, -0.25) is 23.7 Å². The van der Waals surface area contributed by atoms with Crippen LogP contribution in [0.2, 0.25) is 5.02 Å². The molecule has 0 aliphatic carbocycles. The number of rotatable bonds is 17. The highest BCUT2D eigenvalue weighted by Crippen LogP contribution is 2.14. The van der Waals surface area contributed by atoms with Gasteiger partial charge in [0, 0.05) is 55.1 Å². The van der Waals surface area contributed by atoms with Gasteiger partial charge < -0.3 is 19.9 Å². The van der Waals surface area contributed by atoms with E-state index in [1.165, 1.54) is 18.1 Å². The summed E-state index contributed by atoms with van der Waals surface area (Å²) < 4.78 is 35.7. The molecule has 1 aromatic heterocycles. The van der Waals surface area contributed by atoms with E-state index < -0.39 is 21.8 Å². The predicted octanol–water partition coefficient (Wildman–Crippen LogP) is 4.27. The summed E-state index contributed by atoms with van der Waals surface area (Å²) in [5.41, 5.74) is 2.01. The zero-order valence-electron chi connectivity index (χ0n) is 24.6. The number of benzene rings is 2. The molecule has 0 spiro atoms. The van der Waals surface area contributed by atoms with Crippen molar-refractivity contribution in [3.05, 3.63) is 80.6 Å². The first kappa shape index (κ1) is 34.7. The van der Waals surface area contributed by atoms with Gasteiger partial charge in [-0.25, -0.2) is 0 Å². The quantitative estimate of drug-likeness (QED) is 0.111. The minimum absolute atomic E-state index is 0.0205. The number of hydrogen-bond acceptors (Lipinski definition) is 7. The van der Waals surface area contributed by atoms with E-state index in [-0.39, 0.29) is 55.4 Å². The maximum atomic E-state index is 13.1. The number of aryl methyl sites for hydroxylation is 1. The summed E-state index contributed by atoms with van der Waals surface area (Å²) in [6, 6.07) is 12.5. The number of unbranched alkanes of at least 4 members (excludes halogenated alkanes) is 3. The largest absolute Gasteiger partial charge is 0.466 e. The van der Waals surface area contributed by atoms with E-state index in [4.69, 9.17) is 20.9 Å². The fraction of sp³-hybridized carbons (Fsp3) is 0.419. The molecule has 0 unspecified atom stereocenters. The molecular formula is C31H38ClN3O8S. The zero-order chi connectivity index (χ0) is 32.1. The smallest absolute Gasteiger partial charge is 0.305 e. The molecule has 1 heterocycles. The molecule has 0 atom stereocenters. The molecule has 0 saturated carbocycles. The third-order valence-corrected chi connectivity index (χ3v) is 8.01. The van der Waals surface area contributed by atoms with Crippen LogP contribution in [-0.4, -0.2) is 66.6 Å². The van der Waals surface area contributed by atoms with Crippen molar-refractivity contribution in [1.82, 2.24) is 15.2 Å². The molecule has 11 nitrogen and oxygen atoms in total. The monoisotopic (exact) mass is 647 g/mol. The summed E-state index contributed by atoms with van der Waals surface area (Å²) in [6.45, 7) is 0.439. The Kier molecular flexibility index (Phi) is 13.4. The summed E-state index contributed by atoms with van der Waals surface area (Å²) in [5, 5.41) is 3.76. The normalized spacial score (nSPS) is 11.3. The molecule has 3 aromatic rings. The van der Waals surface area contributed by atoms with Crippen LogP contribution in [0, 0.1) is 0 Å². The van der Waals surface area contributed by atoms with Crippen LogP contribution in [0.1, 0.15) is 66.4 Å². The molecule has 0 bridgehead atoms. The summed E-state index contributed by atoms with van der Waals surface area (Å²) in [5.74, 6) is -1.46. The van der Waals surface area contributed by atoms with E-state index in [2.05, 4.69) is 10.3 Å². The van der Waals surface area contributed by atoms with Gasteiger partial charge in [0.05, 0.1) is 12.4 Å². The first-order valence-corrected chi connectivity index (χ1v) is 16.4. The highest BCUT2D eigenvalue weighted by atomic mass is 35.5. The summed E-state index contributed by atoms with van der Waals surface area (Å²) in [6.07, 6.45) is 5.87. The van der Waals surface area contributed by atoms with E-state index >= 15 is 0 Å². The average Bonchev–Trinajstić information content (AvgIpc) is 2.99. The molecule has 0 aliphatic heterocycles. The number of carbonyl (C=O) groups is 3. The van der Waals surface area contributed by atoms with E-state index in [9.17, 15) is 27.6 Å². The molecule has 0 saturated heterocycles. The molecule has 0 aliphatic rings. The van der Waals surface area contributed by atoms with Gasteiger partial charge in [0.15, 0.2) is 0 Å². The Bertz CT molecular complexity index is 1610. The van der Waals surface area contributed by atoms with Crippen LogP contribution in [-0.2, 0) is 37.4 Å². The number of aromatic nitrogens is 1. The Labute approximate surface area is 261 Å². The van der Waals surface area contributed by atoms with Crippen molar-refractivity contribution >= 4 is 50.4 Å². The van der Waals surface area contributed by atoms with Gasteiger partial charge in [-0.05, 0) is 61.1 Å². The number of nitrogens with zero attached hydrogens (tertiary/aromatic N) is 1. The highest BCUT2D eigenvalue weighted by molar-refractivity contribution is 7.85. The molecule has 0 fully saturated rings. The Morgan fingerprint density at radius 1 is 0.977 bits per heavy atom. The molecule has 3 rings (SSSR count). The fourth-order valence-corrected chi connectivity index (χ4v) is 5.10. The number of fused-ring (bicyclic) bond motifs is 1. The first-order chi connectivity index (χ1) is 20.9. The lowest BCUT2D eigenvalue weighted by Crippen LogP contribution is -2.31. The predicted molar refractivity (Wildman–Crippen MR) is 168 cm³/mol. The van der Waals surface area contributed by atoms with Gasteiger partial charge in [0.1, 0.15) is 5.56 Å². The molecule has 3 N–H and O–H groups in total. The van der Waals surface area contributed by atoms with Crippen LogP contribution in [0.15, 0.2) is 53.5 Å². The molecule has 238 valence electrons. The maximum Gasteiger partial charge on any atom is 0.305 e. The van der Waals surface area contributed by atoms with Gasteiger partial charge >= 0.3 is 5.97 Å². The van der Waals surface area contributed by atoms with Crippen LogP contribution in [0.4, 0.5) is 0 Å². The van der Waals surface area contributed by atoms with Gasteiger partial charge in [0.25, 0.3) is 16.0 Å². The van der Waals surface area contributed by atoms with E-state index in [0.29, 0.717) is 41.6 Å². The maximum absolute atomic E-state index is 13.1. The lowest BCUT2D eigenvalue weighted by atomic mass is 10.0. The molecule has 2 aromatic carbocycles. The van der Waals surface area contributed by atoms with Gasteiger partial charge in [-0.15, -0.1) is 0 Å². The van der Waals surface area contributed by atoms with E-state index in [1.54, 1.807) is 36.4 Å². The van der Waals surface area contributed by atoms with Crippen molar-refractivity contribution in [2.75, 3.05) is 26.0 Å². The van der Waals surface area contributed by atoms with Crippen LogP contribution in [0.25, 0.3) is 10.9 Å². The van der Waals surface area contributed by atoms with Crippen molar-refractivity contribution in [1.29, 1.82) is 0 Å². The second-order valence-corrected chi connectivity index (χ2v) is 12.6. The zero-order valence-corrected chi connectivity index (χ0v) is 26.2. The van der Waals surface area contributed by atoms with Crippen molar-refractivity contribution in [2.45, 2.75) is 57.9 Å². The Morgan fingerprint density at radius 2 is 1.66 bits per heavy atom. The van der Waals surface area contributed by atoms with Crippen molar-refractivity contribution in [3.8, 4) is 0 Å². The minimum atomic E-state index is -4.10. The number of carbonyl (C=O) groups excluding carboxylic acids is 3. The second kappa shape index (κ2) is 16.9. The number of halogens is 1. The number of aromatic amines is 1. The van der Waals surface area contributed by atoms with Gasteiger partial charge in [0.2, 0.25) is 11.3 Å². The van der Waals surface area contributed by atoms with Crippen LogP contribution in [0.3, 0.4) is 0 Å². The third kappa shape index (κ3) is 11.7. The standard InChI is InChI=1S/C31H38ClN3O8S/c1-35(16-18-44(40,41)42)28(36)8-4-2-3-5-9-29(37)43-17-6-7-22-12-15-27-25(19-22)30(38)26(21-33-27)31(39)34-20-23-10-13-24(32)14-11-23/h10-15,19,21H,2-9,16-18,20H2,1H3,(H,33,38)(H,34,39)(H,40,41,42). The summed E-state index contributed by atoms with van der Waals surface area (Å²) in [4.78, 5) is 54.1. The number of nitrogens with one attached hydrogen (secondary N) is 2. The van der Waals surface area contributed by atoms with E-state index in [0.717, 1.165) is 24.0 Å². The number of amides is 2. The molecule has 13 heteroatoms. The Morgan fingerprint density at radius 3 is 2.36 bits per heavy atom. The van der Waals surface area contributed by atoms with Crippen LogP contribution < -0.4 is 10.7 Å². The SMILES string of the molecule is CN(CCS(=O)(=O)O)C(=O)CCCCCCC(=O)OCCCc1ccc2[nH]cc(C(=O)NCc3ccc(Cl)cc3)c(=O)c2c1. The summed E-state index contributed by atoms with van der Waals surface area (Å²) >= 11 is 5.89.